The number of benzene rings is 1. The molecule has 0 bridgehead atoms. The van der Waals surface area contributed by atoms with E-state index in [4.69, 9.17) is 21.1 Å². The van der Waals surface area contributed by atoms with Crippen molar-refractivity contribution < 1.29 is 18.7 Å². The topological polar surface area (TPSA) is 47.6 Å². The van der Waals surface area contributed by atoms with Gasteiger partial charge in [0.25, 0.3) is 5.91 Å². The van der Waals surface area contributed by atoms with E-state index in [1.54, 1.807) is 6.07 Å². The van der Waals surface area contributed by atoms with E-state index in [1.165, 1.54) is 19.2 Å². The van der Waals surface area contributed by atoms with E-state index in [9.17, 15) is 9.18 Å². The van der Waals surface area contributed by atoms with Crippen molar-refractivity contribution in [2.24, 2.45) is 0 Å². The SMILES string of the molecule is COc1ccc(C(=O)NCCCOCCCl)c(F)c1. The summed E-state index contributed by atoms with van der Waals surface area (Å²) in [7, 11) is 1.44. The van der Waals surface area contributed by atoms with Gasteiger partial charge in [-0.1, -0.05) is 0 Å². The number of hydrogen-bond donors (Lipinski definition) is 1. The molecule has 0 atom stereocenters. The van der Waals surface area contributed by atoms with Gasteiger partial charge in [-0.05, 0) is 18.6 Å². The van der Waals surface area contributed by atoms with Crippen LogP contribution in [-0.4, -0.2) is 38.7 Å². The zero-order valence-corrected chi connectivity index (χ0v) is 11.5. The minimum Gasteiger partial charge on any atom is -0.497 e. The van der Waals surface area contributed by atoms with Gasteiger partial charge in [-0.3, -0.25) is 4.79 Å². The molecule has 4 nitrogen and oxygen atoms in total. The summed E-state index contributed by atoms with van der Waals surface area (Å²) in [6.45, 7) is 1.42. The molecule has 0 aliphatic heterocycles. The van der Waals surface area contributed by atoms with Crippen LogP contribution in [0, 0.1) is 5.82 Å². The van der Waals surface area contributed by atoms with Gasteiger partial charge in [-0.15, -0.1) is 11.6 Å². The Hall–Kier alpha value is -1.33. The number of carbonyl (C=O) groups excluding carboxylic acids is 1. The summed E-state index contributed by atoms with van der Waals surface area (Å²) in [5.74, 6) is -0.222. The summed E-state index contributed by atoms with van der Waals surface area (Å²) in [5, 5.41) is 2.62. The van der Waals surface area contributed by atoms with E-state index in [0.717, 1.165) is 0 Å². The molecule has 1 aromatic carbocycles. The standard InChI is InChI=1S/C13H17ClFNO3/c1-18-10-3-4-11(12(15)9-10)13(17)16-6-2-7-19-8-5-14/h3-4,9H,2,5-8H2,1H3,(H,16,17). The number of halogens is 2. The number of ether oxygens (including phenoxy) is 2. The van der Waals surface area contributed by atoms with E-state index in [0.29, 0.717) is 37.8 Å². The number of methoxy groups -OCH3 is 1. The molecule has 0 saturated carbocycles. The Morgan fingerprint density at radius 1 is 1.42 bits per heavy atom. The van der Waals surface area contributed by atoms with E-state index in [1.807, 2.05) is 0 Å². The van der Waals surface area contributed by atoms with Crippen LogP contribution in [0.15, 0.2) is 18.2 Å². The first-order chi connectivity index (χ1) is 9.19. The van der Waals surface area contributed by atoms with Crippen LogP contribution in [-0.2, 0) is 4.74 Å². The zero-order valence-electron chi connectivity index (χ0n) is 10.7. The summed E-state index contributed by atoms with van der Waals surface area (Å²) in [5.41, 5.74) is 0.00229. The van der Waals surface area contributed by atoms with Crippen LogP contribution in [0.1, 0.15) is 16.8 Å². The Kier molecular flexibility index (Phi) is 7.22. The molecule has 0 fully saturated rings. The van der Waals surface area contributed by atoms with Gasteiger partial charge in [0.1, 0.15) is 11.6 Å². The molecule has 0 radical (unpaired) electrons. The highest BCUT2D eigenvalue weighted by Gasteiger charge is 2.11. The molecule has 19 heavy (non-hydrogen) atoms. The second-order valence-corrected chi connectivity index (χ2v) is 4.13. The van der Waals surface area contributed by atoms with E-state index < -0.39 is 11.7 Å². The average Bonchev–Trinajstić information content (AvgIpc) is 2.42. The summed E-state index contributed by atoms with van der Waals surface area (Å²) in [6, 6.07) is 4.12. The van der Waals surface area contributed by atoms with Crippen LogP contribution >= 0.6 is 11.6 Å². The largest absolute Gasteiger partial charge is 0.497 e. The molecule has 1 N–H and O–H groups in total. The molecule has 6 heteroatoms. The maximum Gasteiger partial charge on any atom is 0.254 e. The predicted molar refractivity (Wildman–Crippen MR) is 71.4 cm³/mol. The van der Waals surface area contributed by atoms with Crippen molar-refractivity contribution in [3.05, 3.63) is 29.6 Å². The van der Waals surface area contributed by atoms with Gasteiger partial charge < -0.3 is 14.8 Å². The molecule has 1 amide bonds. The first-order valence-corrected chi connectivity index (χ1v) is 6.48. The van der Waals surface area contributed by atoms with Crippen LogP contribution in [0.3, 0.4) is 0 Å². The fraction of sp³-hybridized carbons (Fsp3) is 0.462. The molecule has 0 aromatic heterocycles. The van der Waals surface area contributed by atoms with Crippen LogP contribution in [0.4, 0.5) is 4.39 Å². The Bertz CT molecular complexity index is 415. The molecule has 0 heterocycles. The lowest BCUT2D eigenvalue weighted by molar-refractivity contribution is 0.0940. The summed E-state index contributed by atoms with van der Waals surface area (Å²) in [6.07, 6.45) is 0.653. The van der Waals surface area contributed by atoms with Crippen LogP contribution in [0.2, 0.25) is 0 Å². The highest BCUT2D eigenvalue weighted by Crippen LogP contribution is 2.15. The number of carbonyl (C=O) groups is 1. The van der Waals surface area contributed by atoms with E-state index in [2.05, 4.69) is 5.32 Å². The monoisotopic (exact) mass is 289 g/mol. The lowest BCUT2D eigenvalue weighted by atomic mass is 10.2. The fourth-order valence-electron chi connectivity index (χ4n) is 1.43. The summed E-state index contributed by atoms with van der Waals surface area (Å²) < 4.78 is 23.6. The average molecular weight is 290 g/mol. The van der Waals surface area contributed by atoms with Crippen molar-refractivity contribution in [1.29, 1.82) is 0 Å². The normalized spacial score (nSPS) is 10.3. The number of alkyl halides is 1. The second-order valence-electron chi connectivity index (χ2n) is 3.76. The van der Waals surface area contributed by atoms with Crippen LogP contribution in [0.5, 0.6) is 5.75 Å². The van der Waals surface area contributed by atoms with Crippen LogP contribution in [0.25, 0.3) is 0 Å². The first kappa shape index (κ1) is 15.7. The molecular weight excluding hydrogens is 273 g/mol. The van der Waals surface area contributed by atoms with Gasteiger partial charge in [0.2, 0.25) is 0 Å². The Morgan fingerprint density at radius 2 is 2.21 bits per heavy atom. The molecule has 106 valence electrons. The van der Waals surface area contributed by atoms with Gasteiger partial charge in [-0.2, -0.15) is 0 Å². The quantitative estimate of drug-likeness (QED) is 0.590. The third kappa shape index (κ3) is 5.44. The van der Waals surface area contributed by atoms with Crippen molar-refractivity contribution in [3.63, 3.8) is 0 Å². The lowest BCUT2D eigenvalue weighted by Crippen LogP contribution is -2.26. The molecule has 0 aliphatic rings. The van der Waals surface area contributed by atoms with Gasteiger partial charge in [0.05, 0.1) is 19.3 Å². The van der Waals surface area contributed by atoms with E-state index in [-0.39, 0.29) is 5.56 Å². The molecule has 0 unspecified atom stereocenters. The minimum absolute atomic E-state index is 0.00229. The number of amides is 1. The molecule has 0 spiro atoms. The maximum absolute atomic E-state index is 13.6. The zero-order chi connectivity index (χ0) is 14.1. The van der Waals surface area contributed by atoms with Gasteiger partial charge in [0.15, 0.2) is 0 Å². The highest BCUT2D eigenvalue weighted by molar-refractivity contribution is 6.17. The lowest BCUT2D eigenvalue weighted by Gasteiger charge is -2.07. The van der Waals surface area contributed by atoms with E-state index >= 15 is 0 Å². The third-order valence-electron chi connectivity index (χ3n) is 2.39. The minimum atomic E-state index is -0.602. The molecule has 0 saturated heterocycles. The fourth-order valence-corrected chi connectivity index (χ4v) is 1.54. The molecular formula is C13H17ClFNO3. The van der Waals surface area contributed by atoms with Gasteiger partial charge >= 0.3 is 0 Å². The van der Waals surface area contributed by atoms with Crippen molar-refractivity contribution in [3.8, 4) is 5.75 Å². The number of rotatable bonds is 8. The number of hydrogen-bond acceptors (Lipinski definition) is 3. The van der Waals surface area contributed by atoms with Crippen molar-refractivity contribution in [2.45, 2.75) is 6.42 Å². The second kappa shape index (κ2) is 8.72. The Balaban J connectivity index is 2.37. The Labute approximate surface area is 116 Å². The Morgan fingerprint density at radius 3 is 2.84 bits per heavy atom. The maximum atomic E-state index is 13.6. The summed E-state index contributed by atoms with van der Waals surface area (Å²) in [4.78, 5) is 11.7. The molecule has 1 rings (SSSR count). The van der Waals surface area contributed by atoms with Gasteiger partial charge in [-0.25, -0.2) is 4.39 Å². The van der Waals surface area contributed by atoms with Crippen molar-refractivity contribution in [1.82, 2.24) is 5.32 Å². The van der Waals surface area contributed by atoms with Crippen LogP contribution < -0.4 is 10.1 Å². The molecule has 1 aromatic rings. The summed E-state index contributed by atoms with van der Waals surface area (Å²) >= 11 is 5.44. The first-order valence-electron chi connectivity index (χ1n) is 5.94. The number of nitrogens with one attached hydrogen (secondary N) is 1. The molecule has 0 aliphatic carbocycles. The predicted octanol–water partition coefficient (Wildman–Crippen LogP) is 2.21. The van der Waals surface area contributed by atoms with Gasteiger partial charge in [0, 0.05) is 25.1 Å². The van der Waals surface area contributed by atoms with Crippen molar-refractivity contribution in [2.75, 3.05) is 32.7 Å². The van der Waals surface area contributed by atoms with Crippen molar-refractivity contribution >= 4 is 17.5 Å². The third-order valence-corrected chi connectivity index (χ3v) is 2.55. The highest BCUT2D eigenvalue weighted by atomic mass is 35.5. The smallest absolute Gasteiger partial charge is 0.254 e.